The highest BCUT2D eigenvalue weighted by atomic mass is 19.1. The molecule has 1 aromatic carbocycles. The number of nitrogens with one attached hydrogen (secondary N) is 1. The summed E-state index contributed by atoms with van der Waals surface area (Å²) in [4.78, 5) is 23.6. The van der Waals surface area contributed by atoms with Crippen LogP contribution in [0.4, 0.5) is 16.0 Å². The van der Waals surface area contributed by atoms with E-state index in [1.165, 1.54) is 12.1 Å². The Hall–Kier alpha value is -3.52. The van der Waals surface area contributed by atoms with Crippen LogP contribution in [0.3, 0.4) is 0 Å². The van der Waals surface area contributed by atoms with Crippen LogP contribution in [-0.4, -0.2) is 48.7 Å². The van der Waals surface area contributed by atoms with Crippen molar-refractivity contribution in [3.8, 4) is 0 Å². The maximum atomic E-state index is 13.5. The second-order valence-corrected chi connectivity index (χ2v) is 7.64. The largest absolute Gasteiger partial charge is 0.378 e. The first-order chi connectivity index (χ1) is 15.6. The lowest BCUT2D eigenvalue weighted by molar-refractivity contribution is -0.118. The molecule has 1 atom stereocenters. The number of halogens is 1. The molecule has 0 spiro atoms. The van der Waals surface area contributed by atoms with Gasteiger partial charge in [-0.1, -0.05) is 24.3 Å². The van der Waals surface area contributed by atoms with Gasteiger partial charge in [-0.15, -0.1) is 0 Å². The van der Waals surface area contributed by atoms with Crippen molar-refractivity contribution in [2.24, 2.45) is 5.73 Å². The summed E-state index contributed by atoms with van der Waals surface area (Å²) in [5.41, 5.74) is 8.06. The summed E-state index contributed by atoms with van der Waals surface area (Å²) in [7, 11) is 0. The van der Waals surface area contributed by atoms with E-state index in [0.29, 0.717) is 43.1 Å². The minimum absolute atomic E-state index is 0.263. The van der Waals surface area contributed by atoms with Crippen LogP contribution >= 0.6 is 0 Å². The maximum Gasteiger partial charge on any atom is 0.229 e. The van der Waals surface area contributed by atoms with Crippen LogP contribution in [0.1, 0.15) is 22.6 Å². The van der Waals surface area contributed by atoms with Gasteiger partial charge in [0.1, 0.15) is 17.5 Å². The van der Waals surface area contributed by atoms with Gasteiger partial charge in [0, 0.05) is 37.6 Å². The van der Waals surface area contributed by atoms with E-state index in [0.717, 1.165) is 24.5 Å². The molecule has 1 unspecified atom stereocenters. The number of morpholine rings is 1. The molecule has 8 heteroatoms. The fourth-order valence-corrected chi connectivity index (χ4v) is 3.86. The minimum atomic E-state index is -0.688. The highest BCUT2D eigenvalue weighted by Crippen LogP contribution is 2.31. The van der Waals surface area contributed by atoms with E-state index in [-0.39, 0.29) is 5.82 Å². The zero-order chi connectivity index (χ0) is 22.3. The average Bonchev–Trinajstić information content (AvgIpc) is 2.81. The van der Waals surface area contributed by atoms with Crippen LogP contribution in [0.2, 0.25) is 0 Å². The van der Waals surface area contributed by atoms with E-state index < -0.39 is 11.8 Å². The Morgan fingerprint density at radius 2 is 2.03 bits per heavy atom. The van der Waals surface area contributed by atoms with Gasteiger partial charge in [-0.2, -0.15) is 0 Å². The van der Waals surface area contributed by atoms with E-state index in [1.807, 2.05) is 24.3 Å². The number of hydrogen-bond donors (Lipinski definition) is 2. The molecular weight excluding hydrogens is 409 g/mol. The number of rotatable bonds is 8. The number of carbonyl (C=O) groups is 1. The molecule has 0 aliphatic carbocycles. The summed E-state index contributed by atoms with van der Waals surface area (Å²) in [5, 5.41) is 3.35. The molecule has 1 aliphatic rings. The van der Waals surface area contributed by atoms with E-state index in [9.17, 15) is 9.18 Å². The Balaban J connectivity index is 1.63. The third-order valence-electron chi connectivity index (χ3n) is 5.46. The standard InChI is InChI=1S/C24H26FN5O2/c25-19-5-1-3-17(15-19)8-10-28-24-20(22(23(26)31)18-4-2-9-27-16-18)6-7-21(29-24)30-11-13-32-14-12-30/h1-7,9,15-16,22H,8,10-14H2,(H2,26,31)(H,28,29). The molecule has 0 bridgehead atoms. The zero-order valence-corrected chi connectivity index (χ0v) is 17.7. The highest BCUT2D eigenvalue weighted by Gasteiger charge is 2.25. The molecule has 0 saturated carbocycles. The van der Waals surface area contributed by atoms with Crippen LogP contribution in [0, 0.1) is 5.82 Å². The van der Waals surface area contributed by atoms with Crippen LogP contribution in [0.15, 0.2) is 60.9 Å². The molecular formula is C24H26FN5O2. The van der Waals surface area contributed by atoms with Crippen LogP contribution in [0.25, 0.3) is 0 Å². The Labute approximate surface area is 186 Å². The number of ether oxygens (including phenoxy) is 1. The van der Waals surface area contributed by atoms with Gasteiger partial charge >= 0.3 is 0 Å². The summed E-state index contributed by atoms with van der Waals surface area (Å²) in [6.07, 6.45) is 3.90. The third-order valence-corrected chi connectivity index (χ3v) is 5.46. The third kappa shape index (κ3) is 5.20. The molecule has 166 valence electrons. The molecule has 1 amide bonds. The van der Waals surface area contributed by atoms with Crippen molar-refractivity contribution in [3.05, 3.63) is 83.4 Å². The predicted molar refractivity (Wildman–Crippen MR) is 121 cm³/mol. The number of aromatic nitrogens is 2. The number of nitrogens with two attached hydrogens (primary N) is 1. The number of primary amides is 1. The lowest BCUT2D eigenvalue weighted by Crippen LogP contribution is -2.37. The highest BCUT2D eigenvalue weighted by molar-refractivity contribution is 5.87. The second-order valence-electron chi connectivity index (χ2n) is 7.64. The molecule has 1 saturated heterocycles. The van der Waals surface area contributed by atoms with E-state index in [4.69, 9.17) is 15.5 Å². The summed E-state index contributed by atoms with van der Waals surface area (Å²) < 4.78 is 19.0. The quantitative estimate of drug-likeness (QED) is 0.565. The molecule has 1 aliphatic heterocycles. The van der Waals surface area contributed by atoms with Crippen molar-refractivity contribution in [3.63, 3.8) is 0 Å². The molecule has 3 aromatic rings. The van der Waals surface area contributed by atoms with E-state index in [2.05, 4.69) is 15.2 Å². The van der Waals surface area contributed by atoms with E-state index in [1.54, 1.807) is 24.5 Å². The van der Waals surface area contributed by atoms with Crippen LogP contribution in [0.5, 0.6) is 0 Å². The van der Waals surface area contributed by atoms with Crippen molar-refractivity contribution in [1.82, 2.24) is 9.97 Å². The summed E-state index contributed by atoms with van der Waals surface area (Å²) >= 11 is 0. The van der Waals surface area contributed by atoms with Gasteiger partial charge in [0.25, 0.3) is 0 Å². The fraction of sp³-hybridized carbons (Fsp3) is 0.292. The average molecular weight is 436 g/mol. The molecule has 4 rings (SSSR count). The Bertz CT molecular complexity index is 1060. The molecule has 7 nitrogen and oxygen atoms in total. The maximum absolute atomic E-state index is 13.5. The SMILES string of the molecule is NC(=O)C(c1cccnc1)c1ccc(N2CCOCC2)nc1NCCc1cccc(F)c1. The Morgan fingerprint density at radius 1 is 1.19 bits per heavy atom. The predicted octanol–water partition coefficient (Wildman–Crippen LogP) is 2.72. The lowest BCUT2D eigenvalue weighted by Gasteiger charge is -2.29. The van der Waals surface area contributed by atoms with Gasteiger partial charge in [-0.25, -0.2) is 9.37 Å². The number of nitrogens with zero attached hydrogens (tertiary/aromatic N) is 3. The van der Waals surface area contributed by atoms with Crippen molar-refractivity contribution in [2.45, 2.75) is 12.3 Å². The van der Waals surface area contributed by atoms with Gasteiger partial charge in [-0.3, -0.25) is 9.78 Å². The van der Waals surface area contributed by atoms with Crippen molar-refractivity contribution in [1.29, 1.82) is 0 Å². The van der Waals surface area contributed by atoms with Crippen LogP contribution < -0.4 is 16.0 Å². The molecule has 2 aromatic heterocycles. The molecule has 1 fully saturated rings. The van der Waals surface area contributed by atoms with Crippen LogP contribution in [-0.2, 0) is 16.0 Å². The van der Waals surface area contributed by atoms with Gasteiger partial charge in [0.2, 0.25) is 5.91 Å². The zero-order valence-electron chi connectivity index (χ0n) is 17.7. The molecule has 3 N–H and O–H groups in total. The number of anilines is 2. The number of amides is 1. The minimum Gasteiger partial charge on any atom is -0.378 e. The number of hydrogen-bond acceptors (Lipinski definition) is 6. The van der Waals surface area contributed by atoms with Gasteiger partial charge < -0.3 is 20.7 Å². The normalized spacial score (nSPS) is 14.7. The van der Waals surface area contributed by atoms with E-state index >= 15 is 0 Å². The summed E-state index contributed by atoms with van der Waals surface area (Å²) in [6, 6.07) is 13.9. The molecule has 32 heavy (non-hydrogen) atoms. The monoisotopic (exact) mass is 435 g/mol. The van der Waals surface area contributed by atoms with Gasteiger partial charge in [0.15, 0.2) is 0 Å². The second kappa shape index (κ2) is 10.2. The topological polar surface area (TPSA) is 93.4 Å². The summed E-state index contributed by atoms with van der Waals surface area (Å²) in [5.74, 6) is -0.0440. The Kier molecular flexibility index (Phi) is 6.91. The van der Waals surface area contributed by atoms with Gasteiger partial charge in [-0.05, 0) is 41.8 Å². The first-order valence-corrected chi connectivity index (χ1v) is 10.6. The van der Waals surface area contributed by atoms with Crippen molar-refractivity contribution >= 4 is 17.5 Å². The van der Waals surface area contributed by atoms with Crippen molar-refractivity contribution in [2.75, 3.05) is 43.1 Å². The smallest absolute Gasteiger partial charge is 0.229 e. The fourth-order valence-electron chi connectivity index (χ4n) is 3.86. The number of carbonyl (C=O) groups excluding carboxylic acids is 1. The molecule has 3 heterocycles. The van der Waals surface area contributed by atoms with Gasteiger partial charge in [0.05, 0.1) is 19.1 Å². The van der Waals surface area contributed by atoms with Crippen molar-refractivity contribution < 1.29 is 13.9 Å². The number of benzene rings is 1. The first kappa shape index (κ1) is 21.7. The number of pyridine rings is 2. The Morgan fingerprint density at radius 3 is 2.75 bits per heavy atom. The molecule has 0 radical (unpaired) electrons. The lowest BCUT2D eigenvalue weighted by atomic mass is 9.92. The summed E-state index contributed by atoms with van der Waals surface area (Å²) in [6.45, 7) is 3.30. The first-order valence-electron chi connectivity index (χ1n) is 10.6.